The Hall–Kier alpha value is -1.32. The fourth-order valence-electron chi connectivity index (χ4n) is 1.93. The lowest BCUT2D eigenvalue weighted by Gasteiger charge is -2.05. The standard InChI is InChI=1S/C14H14Cl2N2O/c1-3-18-12(14(16)9(2)17-18)8-13(19)10-4-6-11(15)7-5-10/h4-7H,3,8H2,1-2H3. The molecule has 0 radical (unpaired) electrons. The van der Waals surface area contributed by atoms with Crippen LogP contribution in [-0.4, -0.2) is 15.6 Å². The number of aryl methyl sites for hydroxylation is 2. The molecule has 5 heteroatoms. The molecule has 0 atom stereocenters. The third-order valence-electron chi connectivity index (χ3n) is 2.95. The Bertz CT molecular complexity index is 603. The maximum Gasteiger partial charge on any atom is 0.168 e. The van der Waals surface area contributed by atoms with Crippen LogP contribution in [0.4, 0.5) is 0 Å². The van der Waals surface area contributed by atoms with Crippen molar-refractivity contribution in [1.82, 2.24) is 9.78 Å². The van der Waals surface area contributed by atoms with Gasteiger partial charge in [0.05, 0.1) is 22.8 Å². The number of carbonyl (C=O) groups excluding carboxylic acids is 1. The molecule has 0 bridgehead atoms. The van der Waals surface area contributed by atoms with E-state index in [1.165, 1.54) is 0 Å². The molecule has 1 aromatic carbocycles. The molecule has 0 N–H and O–H groups in total. The highest BCUT2D eigenvalue weighted by molar-refractivity contribution is 6.32. The molecule has 100 valence electrons. The molecule has 0 spiro atoms. The van der Waals surface area contributed by atoms with Crippen molar-refractivity contribution < 1.29 is 4.79 Å². The number of nitrogens with zero attached hydrogens (tertiary/aromatic N) is 2. The molecule has 0 saturated carbocycles. The first-order valence-corrected chi connectivity index (χ1v) is 6.79. The summed E-state index contributed by atoms with van der Waals surface area (Å²) in [5.74, 6) is 0.00756. The third-order valence-corrected chi connectivity index (χ3v) is 3.69. The van der Waals surface area contributed by atoms with Crippen LogP contribution in [0, 0.1) is 6.92 Å². The largest absolute Gasteiger partial charge is 0.294 e. The van der Waals surface area contributed by atoms with Crippen molar-refractivity contribution in [2.45, 2.75) is 26.8 Å². The number of aromatic nitrogens is 2. The van der Waals surface area contributed by atoms with E-state index < -0.39 is 0 Å². The maximum atomic E-state index is 12.2. The van der Waals surface area contributed by atoms with Crippen LogP contribution in [0.1, 0.15) is 28.7 Å². The van der Waals surface area contributed by atoms with Crippen LogP contribution in [0.5, 0.6) is 0 Å². The second kappa shape index (κ2) is 5.76. The predicted molar refractivity (Wildman–Crippen MR) is 77.1 cm³/mol. The predicted octanol–water partition coefficient (Wildman–Crippen LogP) is 3.94. The Morgan fingerprint density at radius 1 is 1.26 bits per heavy atom. The maximum absolute atomic E-state index is 12.2. The molecule has 0 amide bonds. The van der Waals surface area contributed by atoms with Crippen molar-refractivity contribution in [2.24, 2.45) is 0 Å². The van der Waals surface area contributed by atoms with Crippen molar-refractivity contribution in [2.75, 3.05) is 0 Å². The van der Waals surface area contributed by atoms with E-state index in [0.717, 1.165) is 11.4 Å². The van der Waals surface area contributed by atoms with Crippen LogP contribution in [0.15, 0.2) is 24.3 Å². The SMILES string of the molecule is CCn1nc(C)c(Cl)c1CC(=O)c1ccc(Cl)cc1. The fourth-order valence-corrected chi connectivity index (χ4v) is 2.26. The van der Waals surface area contributed by atoms with Crippen LogP contribution in [0.25, 0.3) is 0 Å². The minimum absolute atomic E-state index is 0.00756. The summed E-state index contributed by atoms with van der Waals surface area (Å²) in [6, 6.07) is 6.85. The number of benzene rings is 1. The lowest BCUT2D eigenvalue weighted by Crippen LogP contribution is -2.10. The fraction of sp³-hybridized carbons (Fsp3) is 0.286. The van der Waals surface area contributed by atoms with Gasteiger partial charge in [-0.2, -0.15) is 5.10 Å². The van der Waals surface area contributed by atoms with Crippen molar-refractivity contribution in [3.05, 3.63) is 51.3 Å². The van der Waals surface area contributed by atoms with Gasteiger partial charge in [-0.15, -0.1) is 0 Å². The Morgan fingerprint density at radius 3 is 2.47 bits per heavy atom. The average molecular weight is 297 g/mol. The van der Waals surface area contributed by atoms with E-state index in [9.17, 15) is 4.79 Å². The van der Waals surface area contributed by atoms with E-state index >= 15 is 0 Å². The molecule has 0 fully saturated rings. The van der Waals surface area contributed by atoms with Gasteiger partial charge >= 0.3 is 0 Å². The smallest absolute Gasteiger partial charge is 0.168 e. The van der Waals surface area contributed by atoms with Gasteiger partial charge < -0.3 is 0 Å². The number of rotatable bonds is 4. The van der Waals surface area contributed by atoms with Crippen molar-refractivity contribution in [3.63, 3.8) is 0 Å². The van der Waals surface area contributed by atoms with Gasteiger partial charge in [0.15, 0.2) is 5.78 Å². The van der Waals surface area contributed by atoms with Crippen LogP contribution in [0.3, 0.4) is 0 Å². The number of ketones is 1. The Balaban J connectivity index is 2.26. The zero-order valence-electron chi connectivity index (χ0n) is 10.8. The molecule has 0 aliphatic rings. The van der Waals surface area contributed by atoms with Gasteiger partial charge in [0.25, 0.3) is 0 Å². The molecule has 0 aliphatic carbocycles. The first-order chi connectivity index (χ1) is 9.02. The highest BCUT2D eigenvalue weighted by Crippen LogP contribution is 2.22. The lowest BCUT2D eigenvalue weighted by molar-refractivity contribution is 0.0990. The van der Waals surface area contributed by atoms with Crippen molar-refractivity contribution in [3.8, 4) is 0 Å². The molecule has 2 aromatic rings. The topological polar surface area (TPSA) is 34.9 Å². The summed E-state index contributed by atoms with van der Waals surface area (Å²) >= 11 is 12.0. The first kappa shape index (κ1) is 14.1. The summed E-state index contributed by atoms with van der Waals surface area (Å²) in [6.07, 6.45) is 0.245. The highest BCUT2D eigenvalue weighted by atomic mass is 35.5. The van der Waals surface area contributed by atoms with Crippen LogP contribution >= 0.6 is 23.2 Å². The molecule has 2 rings (SSSR count). The van der Waals surface area contributed by atoms with Gasteiger partial charge in [-0.1, -0.05) is 23.2 Å². The van der Waals surface area contributed by atoms with Gasteiger partial charge in [-0.3, -0.25) is 9.48 Å². The van der Waals surface area contributed by atoms with E-state index in [1.54, 1.807) is 28.9 Å². The molecule has 1 heterocycles. The summed E-state index contributed by atoms with van der Waals surface area (Å²) in [6.45, 7) is 4.50. The van der Waals surface area contributed by atoms with E-state index in [0.29, 0.717) is 22.2 Å². The van der Waals surface area contributed by atoms with Gasteiger partial charge in [0.2, 0.25) is 0 Å². The molecule has 0 saturated heterocycles. The summed E-state index contributed by atoms with van der Waals surface area (Å²) < 4.78 is 1.77. The van der Waals surface area contributed by atoms with Crippen LogP contribution < -0.4 is 0 Å². The van der Waals surface area contributed by atoms with Gasteiger partial charge in [0, 0.05) is 17.1 Å². The lowest BCUT2D eigenvalue weighted by atomic mass is 10.1. The normalized spacial score (nSPS) is 10.7. The summed E-state index contributed by atoms with van der Waals surface area (Å²) in [7, 11) is 0. The molecule has 3 nitrogen and oxygen atoms in total. The van der Waals surface area contributed by atoms with E-state index in [4.69, 9.17) is 23.2 Å². The molecule has 1 aromatic heterocycles. The highest BCUT2D eigenvalue weighted by Gasteiger charge is 2.16. The second-order valence-electron chi connectivity index (χ2n) is 4.27. The van der Waals surface area contributed by atoms with Crippen molar-refractivity contribution in [1.29, 1.82) is 0 Å². The number of hydrogen-bond acceptors (Lipinski definition) is 2. The van der Waals surface area contributed by atoms with Crippen molar-refractivity contribution >= 4 is 29.0 Å². The first-order valence-electron chi connectivity index (χ1n) is 6.03. The monoisotopic (exact) mass is 296 g/mol. The molecular formula is C14H14Cl2N2O. The van der Waals surface area contributed by atoms with E-state index in [1.807, 2.05) is 13.8 Å². The summed E-state index contributed by atoms with van der Waals surface area (Å²) in [5.41, 5.74) is 2.14. The average Bonchev–Trinajstić information content (AvgIpc) is 2.67. The molecule has 19 heavy (non-hydrogen) atoms. The summed E-state index contributed by atoms with van der Waals surface area (Å²) in [5, 5.41) is 5.49. The van der Waals surface area contributed by atoms with Gasteiger partial charge in [-0.05, 0) is 38.1 Å². The van der Waals surface area contributed by atoms with E-state index in [-0.39, 0.29) is 12.2 Å². The molecular weight excluding hydrogens is 283 g/mol. The summed E-state index contributed by atoms with van der Waals surface area (Å²) in [4.78, 5) is 12.2. The molecule has 0 unspecified atom stereocenters. The minimum atomic E-state index is 0.00756. The van der Waals surface area contributed by atoms with Gasteiger partial charge in [0.1, 0.15) is 0 Å². The number of halogens is 2. The number of hydrogen-bond donors (Lipinski definition) is 0. The quantitative estimate of drug-likeness (QED) is 0.801. The van der Waals surface area contributed by atoms with Gasteiger partial charge in [-0.25, -0.2) is 0 Å². The van der Waals surface area contributed by atoms with Crippen LogP contribution in [-0.2, 0) is 13.0 Å². The Labute approximate surface area is 122 Å². The van der Waals surface area contributed by atoms with Crippen LogP contribution in [0.2, 0.25) is 10.0 Å². The number of Topliss-reactive ketones (excluding diaryl/α,β-unsaturated/α-hetero) is 1. The Morgan fingerprint density at radius 2 is 1.89 bits per heavy atom. The van der Waals surface area contributed by atoms with E-state index in [2.05, 4.69) is 5.10 Å². The molecule has 0 aliphatic heterocycles. The number of carbonyl (C=O) groups is 1. The third kappa shape index (κ3) is 2.99. The second-order valence-corrected chi connectivity index (χ2v) is 5.08. The minimum Gasteiger partial charge on any atom is -0.294 e. The zero-order chi connectivity index (χ0) is 14.0. The zero-order valence-corrected chi connectivity index (χ0v) is 12.3. The Kier molecular flexibility index (Phi) is 4.27.